The first-order valence-electron chi connectivity index (χ1n) is 8.20. The standard InChI is InChI=1S/C18H20N2O5S/c1-10-15(17(21)20-8-4-5-12(20)18(22)23)26-16(19-10)11-6-7-13(24-2)14(9-11)25-3/h6-7,9,12H,4-5,8H2,1-3H3,(H,22,23)/t12-/m1/s1. The number of likely N-dealkylation sites (tertiary alicyclic amines) is 1. The number of carbonyl (C=O) groups excluding carboxylic acids is 1. The number of benzene rings is 1. The van der Waals surface area contributed by atoms with Gasteiger partial charge in [-0.15, -0.1) is 11.3 Å². The molecule has 26 heavy (non-hydrogen) atoms. The fourth-order valence-electron chi connectivity index (χ4n) is 3.08. The molecule has 1 atom stereocenters. The summed E-state index contributed by atoms with van der Waals surface area (Å²) in [5.74, 6) is -0.0341. The van der Waals surface area contributed by atoms with E-state index in [9.17, 15) is 14.7 Å². The second-order valence-electron chi connectivity index (χ2n) is 6.00. The van der Waals surface area contributed by atoms with E-state index in [0.717, 1.165) is 5.56 Å². The zero-order valence-corrected chi connectivity index (χ0v) is 15.6. The van der Waals surface area contributed by atoms with Crippen molar-refractivity contribution in [3.05, 3.63) is 28.8 Å². The smallest absolute Gasteiger partial charge is 0.326 e. The van der Waals surface area contributed by atoms with Gasteiger partial charge >= 0.3 is 5.97 Å². The number of aryl methyl sites for hydroxylation is 1. The molecular weight excluding hydrogens is 356 g/mol. The van der Waals surface area contributed by atoms with Gasteiger partial charge in [-0.25, -0.2) is 9.78 Å². The third-order valence-corrected chi connectivity index (χ3v) is 5.61. The maximum atomic E-state index is 12.8. The topological polar surface area (TPSA) is 89.0 Å². The van der Waals surface area contributed by atoms with Gasteiger partial charge in [0.05, 0.1) is 19.9 Å². The van der Waals surface area contributed by atoms with Crippen LogP contribution >= 0.6 is 11.3 Å². The second-order valence-corrected chi connectivity index (χ2v) is 7.00. The first-order chi connectivity index (χ1) is 12.5. The van der Waals surface area contributed by atoms with E-state index in [1.807, 2.05) is 6.07 Å². The summed E-state index contributed by atoms with van der Waals surface area (Å²) < 4.78 is 10.6. The van der Waals surface area contributed by atoms with Gasteiger partial charge in [0.25, 0.3) is 5.91 Å². The molecule has 1 N–H and O–H groups in total. The molecule has 1 fully saturated rings. The number of aliphatic carboxylic acids is 1. The van der Waals surface area contributed by atoms with Crippen molar-refractivity contribution in [1.82, 2.24) is 9.88 Å². The molecule has 7 nitrogen and oxygen atoms in total. The summed E-state index contributed by atoms with van der Waals surface area (Å²) in [4.78, 5) is 30.6. The van der Waals surface area contributed by atoms with Crippen molar-refractivity contribution in [2.45, 2.75) is 25.8 Å². The van der Waals surface area contributed by atoms with Crippen molar-refractivity contribution in [1.29, 1.82) is 0 Å². The van der Waals surface area contributed by atoms with Crippen molar-refractivity contribution in [3.63, 3.8) is 0 Å². The maximum absolute atomic E-state index is 12.8. The van der Waals surface area contributed by atoms with Crippen molar-refractivity contribution in [3.8, 4) is 22.1 Å². The van der Waals surface area contributed by atoms with Crippen LogP contribution in [-0.2, 0) is 4.79 Å². The van der Waals surface area contributed by atoms with E-state index in [0.29, 0.717) is 46.5 Å². The molecule has 3 rings (SSSR count). The van der Waals surface area contributed by atoms with Crippen LogP contribution in [0.1, 0.15) is 28.2 Å². The number of hydrogen-bond acceptors (Lipinski definition) is 6. The van der Waals surface area contributed by atoms with Crippen molar-refractivity contribution >= 4 is 23.2 Å². The number of aromatic nitrogens is 1. The van der Waals surface area contributed by atoms with Crippen molar-refractivity contribution in [2.75, 3.05) is 20.8 Å². The number of ether oxygens (including phenoxy) is 2. The largest absolute Gasteiger partial charge is 0.493 e. The fourth-order valence-corrected chi connectivity index (χ4v) is 4.10. The average Bonchev–Trinajstić information content (AvgIpc) is 3.27. The molecule has 0 radical (unpaired) electrons. The molecule has 0 unspecified atom stereocenters. The highest BCUT2D eigenvalue weighted by atomic mass is 32.1. The van der Waals surface area contributed by atoms with Crippen LogP contribution in [0.15, 0.2) is 18.2 Å². The lowest BCUT2D eigenvalue weighted by molar-refractivity contribution is -0.141. The van der Waals surface area contributed by atoms with Gasteiger partial charge in [0.2, 0.25) is 0 Å². The molecule has 0 bridgehead atoms. The van der Waals surface area contributed by atoms with Gasteiger partial charge in [-0.05, 0) is 38.0 Å². The predicted octanol–water partition coefficient (Wildman–Crippen LogP) is 2.82. The Hall–Kier alpha value is -2.61. The molecule has 1 aliphatic heterocycles. The molecule has 0 aliphatic carbocycles. The van der Waals surface area contributed by atoms with Gasteiger partial charge in [-0.2, -0.15) is 0 Å². The molecule has 1 aliphatic rings. The fraction of sp³-hybridized carbons (Fsp3) is 0.389. The van der Waals surface area contributed by atoms with E-state index < -0.39 is 12.0 Å². The number of amides is 1. The molecule has 2 heterocycles. The lowest BCUT2D eigenvalue weighted by Gasteiger charge is -2.20. The molecule has 1 aromatic carbocycles. The quantitative estimate of drug-likeness (QED) is 0.863. The molecular formula is C18H20N2O5S. The molecule has 0 saturated carbocycles. The molecule has 0 spiro atoms. The van der Waals surface area contributed by atoms with E-state index in [4.69, 9.17) is 9.47 Å². The third-order valence-electron chi connectivity index (χ3n) is 4.42. The Morgan fingerprint density at radius 2 is 2.00 bits per heavy atom. The number of nitrogens with zero attached hydrogens (tertiary/aromatic N) is 2. The van der Waals surface area contributed by atoms with E-state index in [2.05, 4.69) is 4.98 Å². The molecule has 1 saturated heterocycles. The van der Waals surface area contributed by atoms with Gasteiger partial charge < -0.3 is 19.5 Å². The summed E-state index contributed by atoms with van der Waals surface area (Å²) in [5, 5.41) is 9.99. The monoisotopic (exact) mass is 376 g/mol. The van der Waals surface area contributed by atoms with Gasteiger partial charge in [0.1, 0.15) is 15.9 Å². The van der Waals surface area contributed by atoms with Crippen LogP contribution in [0.5, 0.6) is 11.5 Å². The Morgan fingerprint density at radius 1 is 1.27 bits per heavy atom. The van der Waals surface area contributed by atoms with Crippen LogP contribution in [0.2, 0.25) is 0 Å². The molecule has 1 aromatic heterocycles. The molecule has 1 amide bonds. The van der Waals surface area contributed by atoms with Crippen molar-refractivity contribution < 1.29 is 24.2 Å². The number of carboxylic acids is 1. The number of methoxy groups -OCH3 is 2. The Labute approximate surface area is 155 Å². The van der Waals surface area contributed by atoms with Crippen molar-refractivity contribution in [2.24, 2.45) is 0 Å². The summed E-state index contributed by atoms with van der Waals surface area (Å²) in [6.07, 6.45) is 1.19. The minimum Gasteiger partial charge on any atom is -0.493 e. The molecule has 2 aromatic rings. The Kier molecular flexibility index (Phi) is 5.13. The lowest BCUT2D eigenvalue weighted by atomic mass is 10.2. The first-order valence-corrected chi connectivity index (χ1v) is 9.01. The number of rotatable bonds is 5. The van der Waals surface area contributed by atoms with Gasteiger partial charge in [-0.3, -0.25) is 4.79 Å². The SMILES string of the molecule is COc1ccc(-c2nc(C)c(C(=O)N3CCC[C@@H]3C(=O)O)s2)cc1OC. The van der Waals surface area contributed by atoms with Gasteiger partial charge in [0, 0.05) is 12.1 Å². The van der Waals surface area contributed by atoms with Crippen LogP contribution in [-0.4, -0.2) is 53.7 Å². The van der Waals surface area contributed by atoms with E-state index in [1.165, 1.54) is 16.2 Å². The highest BCUT2D eigenvalue weighted by Gasteiger charge is 2.36. The van der Waals surface area contributed by atoms with Crippen LogP contribution in [0.4, 0.5) is 0 Å². The summed E-state index contributed by atoms with van der Waals surface area (Å²) in [6, 6.07) is 4.69. The maximum Gasteiger partial charge on any atom is 0.326 e. The minimum atomic E-state index is -0.960. The minimum absolute atomic E-state index is 0.267. The van der Waals surface area contributed by atoms with E-state index in [1.54, 1.807) is 33.3 Å². The number of hydrogen-bond donors (Lipinski definition) is 1. The predicted molar refractivity (Wildman–Crippen MR) is 97.1 cm³/mol. The number of carbonyl (C=O) groups is 2. The highest BCUT2D eigenvalue weighted by molar-refractivity contribution is 7.17. The summed E-state index contributed by atoms with van der Waals surface area (Å²) in [6.45, 7) is 2.22. The average molecular weight is 376 g/mol. The third kappa shape index (κ3) is 3.24. The zero-order valence-electron chi connectivity index (χ0n) is 14.8. The Bertz CT molecular complexity index is 848. The van der Waals surface area contributed by atoms with Crippen LogP contribution in [0, 0.1) is 6.92 Å². The van der Waals surface area contributed by atoms with E-state index in [-0.39, 0.29) is 5.91 Å². The van der Waals surface area contributed by atoms with E-state index >= 15 is 0 Å². The van der Waals surface area contributed by atoms with Crippen LogP contribution in [0.3, 0.4) is 0 Å². The summed E-state index contributed by atoms with van der Waals surface area (Å²) in [7, 11) is 3.12. The highest BCUT2D eigenvalue weighted by Crippen LogP contribution is 2.35. The van der Waals surface area contributed by atoms with Gasteiger partial charge in [0.15, 0.2) is 11.5 Å². The molecule has 138 valence electrons. The zero-order chi connectivity index (χ0) is 18.8. The second kappa shape index (κ2) is 7.33. The number of thiazole rings is 1. The molecule has 8 heteroatoms. The van der Waals surface area contributed by atoms with Crippen LogP contribution in [0.25, 0.3) is 10.6 Å². The Balaban J connectivity index is 1.92. The van der Waals surface area contributed by atoms with Gasteiger partial charge in [-0.1, -0.05) is 0 Å². The summed E-state index contributed by atoms with van der Waals surface area (Å²) in [5.41, 5.74) is 1.41. The Morgan fingerprint density at radius 3 is 2.65 bits per heavy atom. The number of carboxylic acid groups (broad SMARTS) is 1. The summed E-state index contributed by atoms with van der Waals surface area (Å²) >= 11 is 1.26. The lowest BCUT2D eigenvalue weighted by Crippen LogP contribution is -2.40. The van der Waals surface area contributed by atoms with Crippen LogP contribution < -0.4 is 9.47 Å². The normalized spacial score (nSPS) is 16.6. The first kappa shape index (κ1) is 18.2.